The van der Waals surface area contributed by atoms with Crippen molar-refractivity contribution in [3.8, 4) is 0 Å². The van der Waals surface area contributed by atoms with E-state index in [9.17, 15) is 18.0 Å². The molecule has 0 saturated carbocycles. The fraction of sp³-hybridized carbons (Fsp3) is 0.217. The number of nitrogens with zero attached hydrogens (tertiary/aromatic N) is 1. The largest absolute Gasteiger partial charge is 0.481 e. The number of nitrogens with one attached hydrogen (secondary N) is 1. The minimum Gasteiger partial charge on any atom is -0.481 e. The predicted octanol–water partition coefficient (Wildman–Crippen LogP) is 6.28. The Kier molecular flexibility index (Phi) is 5.91. The molecule has 0 saturated heterocycles. The van der Waals surface area contributed by atoms with Crippen molar-refractivity contribution in [1.29, 1.82) is 0 Å². The molecule has 0 aliphatic heterocycles. The van der Waals surface area contributed by atoms with Crippen LogP contribution in [0, 0.1) is 0 Å². The van der Waals surface area contributed by atoms with E-state index in [-0.39, 0.29) is 18.4 Å². The summed E-state index contributed by atoms with van der Waals surface area (Å²) < 4.78 is 41.5. The number of imidazole rings is 1. The van der Waals surface area contributed by atoms with Gasteiger partial charge in [-0.2, -0.15) is 13.2 Å². The lowest BCUT2D eigenvalue weighted by molar-refractivity contribution is -0.138. The van der Waals surface area contributed by atoms with E-state index < -0.39 is 17.7 Å². The van der Waals surface area contributed by atoms with Crippen molar-refractivity contribution in [2.75, 3.05) is 5.75 Å². The summed E-state index contributed by atoms with van der Waals surface area (Å²) in [6.07, 6.45) is -3.91. The van der Waals surface area contributed by atoms with Crippen molar-refractivity contribution in [3.63, 3.8) is 0 Å². The van der Waals surface area contributed by atoms with Gasteiger partial charge >= 0.3 is 12.1 Å². The number of thioether (sulfide) groups is 1. The van der Waals surface area contributed by atoms with E-state index in [1.54, 1.807) is 0 Å². The van der Waals surface area contributed by atoms with E-state index >= 15 is 0 Å². The second-order valence-electron chi connectivity index (χ2n) is 7.19. The molecule has 1 heterocycles. The molecular formula is C23H19F3N2O2S. The second kappa shape index (κ2) is 8.63. The van der Waals surface area contributed by atoms with Gasteiger partial charge in [0.05, 0.1) is 16.6 Å². The molecule has 4 nitrogen and oxygen atoms in total. The van der Waals surface area contributed by atoms with E-state index in [0.717, 1.165) is 22.4 Å². The summed E-state index contributed by atoms with van der Waals surface area (Å²) >= 11 is 1.31. The smallest absolute Gasteiger partial charge is 0.416 e. The number of H-pyrrole nitrogens is 1. The molecule has 0 unspecified atom stereocenters. The summed E-state index contributed by atoms with van der Waals surface area (Å²) in [7, 11) is 0. The highest BCUT2D eigenvalue weighted by atomic mass is 32.2. The van der Waals surface area contributed by atoms with Gasteiger partial charge in [0.2, 0.25) is 0 Å². The Morgan fingerprint density at radius 3 is 2.61 bits per heavy atom. The van der Waals surface area contributed by atoms with Crippen LogP contribution in [0.2, 0.25) is 0 Å². The first-order valence-corrected chi connectivity index (χ1v) is 10.7. The molecule has 0 fully saturated rings. The van der Waals surface area contributed by atoms with Gasteiger partial charge in [-0.15, -0.1) is 0 Å². The van der Waals surface area contributed by atoms with Gasteiger partial charge in [0, 0.05) is 18.6 Å². The van der Waals surface area contributed by atoms with E-state index in [0.29, 0.717) is 28.4 Å². The van der Waals surface area contributed by atoms with Gasteiger partial charge < -0.3 is 10.1 Å². The van der Waals surface area contributed by atoms with Crippen LogP contribution in [0.15, 0.2) is 59.8 Å². The first-order valence-electron chi connectivity index (χ1n) is 9.73. The summed E-state index contributed by atoms with van der Waals surface area (Å²) in [5, 5.41) is 11.1. The molecule has 0 aliphatic carbocycles. The summed E-state index contributed by atoms with van der Waals surface area (Å²) in [6, 6.07) is 15.7. The van der Waals surface area contributed by atoms with Gasteiger partial charge in [-0.1, -0.05) is 54.2 Å². The summed E-state index contributed by atoms with van der Waals surface area (Å²) in [5.41, 5.74) is 1.07. The number of aliphatic carboxylic acids is 1. The third-order valence-corrected chi connectivity index (χ3v) is 6.02. The van der Waals surface area contributed by atoms with E-state index in [4.69, 9.17) is 5.11 Å². The van der Waals surface area contributed by atoms with Crippen molar-refractivity contribution in [2.24, 2.45) is 0 Å². The first kappa shape index (κ1) is 21.2. The molecule has 2 N–H and O–H groups in total. The molecule has 0 radical (unpaired) electrons. The molecule has 0 amide bonds. The normalized spacial score (nSPS) is 12.0. The second-order valence-corrected chi connectivity index (χ2v) is 8.27. The van der Waals surface area contributed by atoms with Crippen molar-refractivity contribution in [2.45, 2.75) is 30.6 Å². The number of aromatic amines is 1. The SMILES string of the molecule is O=C(O)CCCSc1nc2c(Cc3cccc4ccccc34)c(C(F)(F)F)ccc2[nH]1. The number of alkyl halides is 3. The molecule has 1 aromatic heterocycles. The zero-order valence-electron chi connectivity index (χ0n) is 16.4. The fourth-order valence-corrected chi connectivity index (χ4v) is 4.47. The number of hydrogen-bond donors (Lipinski definition) is 2. The standard InChI is InChI=1S/C23H19F3N2O2S/c24-23(25,26)18-10-11-19-21(28-22(27-19)31-12-4-9-20(29)30)17(18)13-15-7-3-6-14-5-1-2-8-16(14)15/h1-3,5-8,10-11H,4,9,12-13H2,(H,27,28)(H,29,30). The molecule has 160 valence electrons. The minimum absolute atomic E-state index is 0.0395. The number of rotatable bonds is 7. The van der Waals surface area contributed by atoms with Crippen LogP contribution in [-0.4, -0.2) is 26.8 Å². The first-order chi connectivity index (χ1) is 14.8. The average molecular weight is 444 g/mol. The number of aromatic nitrogens is 2. The maximum Gasteiger partial charge on any atom is 0.416 e. The monoisotopic (exact) mass is 444 g/mol. The van der Waals surface area contributed by atoms with Crippen LogP contribution in [0.3, 0.4) is 0 Å². The lowest BCUT2D eigenvalue weighted by atomic mass is 9.94. The van der Waals surface area contributed by atoms with Crippen LogP contribution in [0.5, 0.6) is 0 Å². The van der Waals surface area contributed by atoms with Gasteiger partial charge in [0.1, 0.15) is 0 Å². The molecule has 0 spiro atoms. The Hall–Kier alpha value is -3.00. The van der Waals surface area contributed by atoms with Crippen LogP contribution in [-0.2, 0) is 17.4 Å². The summed E-state index contributed by atoms with van der Waals surface area (Å²) in [5.74, 6) is -0.367. The Balaban J connectivity index is 1.74. The van der Waals surface area contributed by atoms with Crippen LogP contribution in [0.25, 0.3) is 21.8 Å². The molecule has 4 rings (SSSR count). The van der Waals surface area contributed by atoms with Crippen molar-refractivity contribution in [1.82, 2.24) is 9.97 Å². The highest BCUT2D eigenvalue weighted by molar-refractivity contribution is 7.99. The molecule has 4 aromatic rings. The molecule has 0 bridgehead atoms. The molecule has 0 aliphatic rings. The van der Waals surface area contributed by atoms with E-state index in [1.807, 2.05) is 42.5 Å². The lowest BCUT2D eigenvalue weighted by Gasteiger charge is -2.14. The van der Waals surface area contributed by atoms with E-state index in [1.165, 1.54) is 17.8 Å². The van der Waals surface area contributed by atoms with Gasteiger partial charge in [-0.3, -0.25) is 4.79 Å². The van der Waals surface area contributed by atoms with Gasteiger partial charge in [0.25, 0.3) is 0 Å². The Labute approximate surface area is 180 Å². The van der Waals surface area contributed by atoms with Gasteiger partial charge in [0.15, 0.2) is 5.16 Å². The Bertz CT molecular complexity index is 1250. The van der Waals surface area contributed by atoms with Crippen molar-refractivity contribution < 1.29 is 23.1 Å². The average Bonchev–Trinajstić information content (AvgIpc) is 3.14. The van der Waals surface area contributed by atoms with E-state index in [2.05, 4.69) is 9.97 Å². The number of benzene rings is 3. The van der Waals surface area contributed by atoms with Gasteiger partial charge in [-0.05, 0) is 40.5 Å². The van der Waals surface area contributed by atoms with Crippen molar-refractivity contribution in [3.05, 3.63) is 71.3 Å². The number of halogens is 3. The van der Waals surface area contributed by atoms with Gasteiger partial charge in [-0.25, -0.2) is 4.98 Å². The fourth-order valence-electron chi connectivity index (χ4n) is 3.65. The maximum atomic E-state index is 13.8. The number of hydrogen-bond acceptors (Lipinski definition) is 3. The predicted molar refractivity (Wildman–Crippen MR) is 115 cm³/mol. The zero-order chi connectivity index (χ0) is 22.0. The number of carbonyl (C=O) groups is 1. The quantitative estimate of drug-likeness (QED) is 0.260. The molecule has 0 atom stereocenters. The highest BCUT2D eigenvalue weighted by Gasteiger charge is 2.34. The molecule has 8 heteroatoms. The molecule has 3 aromatic carbocycles. The number of carboxylic acids is 1. The van der Waals surface area contributed by atoms with Crippen molar-refractivity contribution >= 4 is 39.5 Å². The van der Waals surface area contributed by atoms with Crippen LogP contribution < -0.4 is 0 Å². The highest BCUT2D eigenvalue weighted by Crippen LogP contribution is 2.37. The number of fused-ring (bicyclic) bond motifs is 2. The lowest BCUT2D eigenvalue weighted by Crippen LogP contribution is -2.10. The summed E-state index contributed by atoms with van der Waals surface area (Å²) in [4.78, 5) is 18.2. The molecule has 31 heavy (non-hydrogen) atoms. The van der Waals surface area contributed by atoms with Crippen LogP contribution in [0.4, 0.5) is 13.2 Å². The van der Waals surface area contributed by atoms with Crippen LogP contribution in [0.1, 0.15) is 29.5 Å². The Morgan fingerprint density at radius 1 is 1.06 bits per heavy atom. The minimum atomic E-state index is -4.50. The third-order valence-electron chi connectivity index (χ3n) is 5.06. The van der Waals surface area contributed by atoms with Crippen LogP contribution >= 0.6 is 11.8 Å². The zero-order valence-corrected chi connectivity index (χ0v) is 17.2. The summed E-state index contributed by atoms with van der Waals surface area (Å²) in [6.45, 7) is 0. The Morgan fingerprint density at radius 2 is 1.84 bits per heavy atom. The third kappa shape index (κ3) is 4.69. The number of carboxylic acid groups (broad SMARTS) is 1. The maximum absolute atomic E-state index is 13.8. The molecular weight excluding hydrogens is 425 g/mol. The topological polar surface area (TPSA) is 66.0 Å².